The van der Waals surface area contributed by atoms with Crippen molar-refractivity contribution >= 4 is 23.2 Å². The van der Waals surface area contributed by atoms with E-state index in [9.17, 15) is 14.4 Å². The number of hydrogen-bond donors (Lipinski definition) is 1. The molecule has 1 aliphatic heterocycles. The van der Waals surface area contributed by atoms with Gasteiger partial charge in [0.05, 0.1) is 0 Å². The molecule has 204 valence electrons. The van der Waals surface area contributed by atoms with Crippen LogP contribution in [-0.2, 0) is 14.4 Å². The smallest absolute Gasteiger partial charge is 0.262 e. The Morgan fingerprint density at radius 2 is 1.46 bits per heavy atom. The van der Waals surface area contributed by atoms with E-state index in [1.165, 1.54) is 0 Å². The third-order valence-electron chi connectivity index (χ3n) is 8.07. The summed E-state index contributed by atoms with van der Waals surface area (Å²) in [5.41, 5.74) is 6.04. The normalized spacial score (nSPS) is 20.5. The van der Waals surface area contributed by atoms with Crippen LogP contribution in [0.3, 0.4) is 0 Å². The fourth-order valence-electron chi connectivity index (χ4n) is 6.32. The number of nitrogens with zero attached hydrogens (tertiary/aromatic N) is 1. The van der Waals surface area contributed by atoms with Gasteiger partial charge < -0.3 is 15.0 Å². The number of aryl methyl sites for hydroxylation is 1. The van der Waals surface area contributed by atoms with Crippen LogP contribution in [-0.4, -0.2) is 36.0 Å². The molecule has 0 spiro atoms. The van der Waals surface area contributed by atoms with Gasteiger partial charge >= 0.3 is 0 Å². The Kier molecular flexibility index (Phi) is 6.78. The Morgan fingerprint density at radius 1 is 0.897 bits per heavy atom. The first-order valence-electron chi connectivity index (χ1n) is 13.7. The number of hydrogen-bond acceptors (Lipinski definition) is 5. The lowest BCUT2D eigenvalue weighted by Gasteiger charge is -2.47. The number of amides is 1. The molecule has 5 rings (SSSR count). The zero-order valence-electron chi connectivity index (χ0n) is 23.8. The Balaban J connectivity index is 1.42. The maximum Gasteiger partial charge on any atom is 0.262 e. The lowest BCUT2D eigenvalue weighted by molar-refractivity contribution is -0.120. The first-order chi connectivity index (χ1) is 18.3. The molecular weight excluding hydrogens is 488 g/mol. The van der Waals surface area contributed by atoms with Crippen molar-refractivity contribution in [1.29, 1.82) is 0 Å². The van der Waals surface area contributed by atoms with Crippen LogP contribution in [0.25, 0.3) is 0 Å². The molecule has 39 heavy (non-hydrogen) atoms. The molecule has 1 heterocycles. The zero-order valence-corrected chi connectivity index (χ0v) is 23.8. The highest BCUT2D eigenvalue weighted by atomic mass is 16.5. The topological polar surface area (TPSA) is 75.7 Å². The van der Waals surface area contributed by atoms with E-state index in [-0.39, 0.29) is 40.8 Å². The molecule has 6 heteroatoms. The number of allylic oxidation sites excluding steroid dienone is 4. The van der Waals surface area contributed by atoms with E-state index in [2.05, 4.69) is 37.9 Å². The fraction of sp³-hybridized carbons (Fsp3) is 0.424. The lowest BCUT2D eigenvalue weighted by Crippen LogP contribution is -2.43. The van der Waals surface area contributed by atoms with Crippen molar-refractivity contribution in [3.05, 3.63) is 82.2 Å². The molecule has 0 aromatic heterocycles. The second-order valence-electron chi connectivity index (χ2n) is 12.9. The molecule has 0 radical (unpaired) electrons. The van der Waals surface area contributed by atoms with E-state index in [0.717, 1.165) is 52.2 Å². The Bertz CT molecular complexity index is 1360. The number of anilines is 1. The predicted molar refractivity (Wildman–Crippen MR) is 152 cm³/mol. The van der Waals surface area contributed by atoms with Crippen molar-refractivity contribution < 1.29 is 19.1 Å². The van der Waals surface area contributed by atoms with E-state index in [1.807, 2.05) is 62.5 Å². The summed E-state index contributed by atoms with van der Waals surface area (Å²) >= 11 is 0. The molecule has 1 amide bonds. The van der Waals surface area contributed by atoms with Crippen LogP contribution in [0.1, 0.15) is 70.4 Å². The van der Waals surface area contributed by atoms with Gasteiger partial charge in [-0.2, -0.15) is 0 Å². The van der Waals surface area contributed by atoms with Gasteiger partial charge in [-0.25, -0.2) is 0 Å². The summed E-state index contributed by atoms with van der Waals surface area (Å²) in [6.45, 7) is 10.4. The molecule has 3 aliphatic rings. The second-order valence-corrected chi connectivity index (χ2v) is 12.9. The van der Waals surface area contributed by atoms with Crippen molar-refractivity contribution in [2.24, 2.45) is 10.8 Å². The number of nitrogens with one attached hydrogen (secondary N) is 1. The predicted octanol–water partition coefficient (Wildman–Crippen LogP) is 6.33. The largest absolute Gasteiger partial charge is 0.484 e. The number of rotatable bonds is 5. The van der Waals surface area contributed by atoms with E-state index in [0.29, 0.717) is 18.6 Å². The number of ether oxygens (including phenoxy) is 1. The minimum absolute atomic E-state index is 0.118. The average Bonchev–Trinajstić information content (AvgIpc) is 2.83. The van der Waals surface area contributed by atoms with Crippen molar-refractivity contribution in [2.45, 2.75) is 66.2 Å². The third-order valence-corrected chi connectivity index (χ3v) is 8.07. The molecule has 0 unspecified atom stereocenters. The van der Waals surface area contributed by atoms with E-state index in [1.54, 1.807) is 0 Å². The summed E-state index contributed by atoms with van der Waals surface area (Å²) in [5.74, 6) is 0.181. The molecule has 0 bridgehead atoms. The van der Waals surface area contributed by atoms with Gasteiger partial charge in [-0.15, -0.1) is 0 Å². The summed E-state index contributed by atoms with van der Waals surface area (Å²) in [6.07, 6.45) is 2.53. The van der Waals surface area contributed by atoms with Gasteiger partial charge in [-0.05, 0) is 66.0 Å². The Hall–Kier alpha value is -3.67. The van der Waals surface area contributed by atoms with Gasteiger partial charge in [0, 0.05) is 54.0 Å². The molecule has 6 nitrogen and oxygen atoms in total. The number of Topliss-reactive ketones (excluding diaryl/α,β-unsaturated/α-hetero) is 2. The molecule has 0 atom stereocenters. The van der Waals surface area contributed by atoms with Crippen molar-refractivity contribution in [2.75, 3.05) is 19.0 Å². The maximum absolute atomic E-state index is 13.6. The van der Waals surface area contributed by atoms with Crippen LogP contribution in [0.4, 0.5) is 5.69 Å². The van der Waals surface area contributed by atoms with Gasteiger partial charge in [0.25, 0.3) is 5.91 Å². The van der Waals surface area contributed by atoms with E-state index < -0.39 is 0 Å². The van der Waals surface area contributed by atoms with Crippen LogP contribution in [0.5, 0.6) is 5.75 Å². The van der Waals surface area contributed by atoms with Crippen LogP contribution in [0, 0.1) is 17.8 Å². The number of ketones is 2. The standard InChI is InChI=1S/C33H38N2O4/c1-20-8-7-9-22(14-20)34-28(38)19-39-23-12-10-21(11-13-23)29-30-24(15-32(2,3)17-26(30)36)35(6)25-16-33(4,5)18-27(37)31(25)29/h7-14,29H,15-19H2,1-6H3,(H,34,38). The first-order valence-corrected chi connectivity index (χ1v) is 13.7. The van der Waals surface area contributed by atoms with Crippen molar-refractivity contribution in [1.82, 2.24) is 4.90 Å². The minimum Gasteiger partial charge on any atom is -0.484 e. The van der Waals surface area contributed by atoms with Crippen LogP contribution in [0.15, 0.2) is 71.1 Å². The summed E-state index contributed by atoms with van der Waals surface area (Å²) < 4.78 is 5.76. The average molecular weight is 527 g/mol. The van der Waals surface area contributed by atoms with Crippen molar-refractivity contribution in [3.8, 4) is 5.75 Å². The van der Waals surface area contributed by atoms with Gasteiger partial charge in [-0.3, -0.25) is 14.4 Å². The second kappa shape index (κ2) is 9.82. The highest BCUT2D eigenvalue weighted by molar-refractivity contribution is 6.06. The Labute approximate surface area is 231 Å². The Morgan fingerprint density at radius 3 is 2.00 bits per heavy atom. The highest BCUT2D eigenvalue weighted by Gasteiger charge is 2.48. The van der Waals surface area contributed by atoms with E-state index >= 15 is 0 Å². The molecule has 0 saturated heterocycles. The van der Waals surface area contributed by atoms with Gasteiger partial charge in [0.1, 0.15) is 5.75 Å². The summed E-state index contributed by atoms with van der Waals surface area (Å²) in [5, 5.41) is 2.85. The maximum atomic E-state index is 13.6. The third kappa shape index (κ3) is 5.42. The van der Waals surface area contributed by atoms with Crippen LogP contribution < -0.4 is 10.1 Å². The zero-order chi connectivity index (χ0) is 28.1. The lowest BCUT2D eigenvalue weighted by atomic mass is 9.64. The minimum atomic E-state index is -0.378. The number of carbonyl (C=O) groups excluding carboxylic acids is 3. The van der Waals surface area contributed by atoms with Crippen LogP contribution in [0.2, 0.25) is 0 Å². The van der Waals surface area contributed by atoms with Gasteiger partial charge in [0.15, 0.2) is 18.2 Å². The SMILES string of the molecule is Cc1cccc(NC(=O)COc2ccc(C3C4=C(CC(C)(C)CC4=O)N(C)C4=C3C(=O)CC(C)(C)C4)cc2)c1. The van der Waals surface area contributed by atoms with E-state index in [4.69, 9.17) is 4.74 Å². The molecule has 0 saturated carbocycles. The number of carbonyl (C=O) groups is 3. The van der Waals surface area contributed by atoms with Gasteiger partial charge in [-0.1, -0.05) is 52.0 Å². The molecule has 2 aromatic rings. The summed E-state index contributed by atoms with van der Waals surface area (Å²) in [7, 11) is 2.02. The summed E-state index contributed by atoms with van der Waals surface area (Å²) in [4.78, 5) is 41.8. The number of benzene rings is 2. The van der Waals surface area contributed by atoms with Crippen molar-refractivity contribution in [3.63, 3.8) is 0 Å². The molecule has 2 aromatic carbocycles. The summed E-state index contributed by atoms with van der Waals surface area (Å²) in [6, 6.07) is 15.1. The highest BCUT2D eigenvalue weighted by Crippen LogP contribution is 2.53. The molecule has 2 aliphatic carbocycles. The van der Waals surface area contributed by atoms with Crippen LogP contribution >= 0.6 is 0 Å². The molecule has 0 fully saturated rings. The fourth-order valence-corrected chi connectivity index (χ4v) is 6.32. The first kappa shape index (κ1) is 26.9. The quantitative estimate of drug-likeness (QED) is 0.493. The van der Waals surface area contributed by atoms with Gasteiger partial charge in [0.2, 0.25) is 0 Å². The molecular formula is C33H38N2O4. The molecule has 1 N–H and O–H groups in total. The monoisotopic (exact) mass is 526 g/mol.